The van der Waals surface area contributed by atoms with Crippen molar-refractivity contribution >= 4 is 46.6 Å². The Bertz CT molecular complexity index is 556. The van der Waals surface area contributed by atoms with Crippen LogP contribution in [0.3, 0.4) is 0 Å². The standard InChI is InChI=1S/C12H8N2.2ClH/c1-3-9-5-6-11-10(4-2-7-13-11)12(9)14-8-1;;/h1-8H;2*1H. The molecule has 0 unspecified atom stereocenters. The number of fused-ring (bicyclic) bond motifs is 3. The lowest BCUT2D eigenvalue weighted by molar-refractivity contribution is 1.39. The van der Waals surface area contributed by atoms with Crippen molar-refractivity contribution in [2.24, 2.45) is 0 Å². The van der Waals surface area contributed by atoms with Gasteiger partial charge in [-0.1, -0.05) is 12.1 Å². The van der Waals surface area contributed by atoms with E-state index in [4.69, 9.17) is 0 Å². The van der Waals surface area contributed by atoms with Gasteiger partial charge < -0.3 is 0 Å². The van der Waals surface area contributed by atoms with Gasteiger partial charge in [0, 0.05) is 23.2 Å². The molecule has 0 aliphatic carbocycles. The van der Waals surface area contributed by atoms with Gasteiger partial charge in [0.1, 0.15) is 0 Å². The van der Waals surface area contributed by atoms with Crippen LogP contribution in [0.5, 0.6) is 0 Å². The molecule has 3 aromatic rings. The van der Waals surface area contributed by atoms with Gasteiger partial charge in [-0.3, -0.25) is 9.97 Å². The molecule has 0 saturated heterocycles. The Balaban J connectivity index is 0.000000640. The highest BCUT2D eigenvalue weighted by Crippen LogP contribution is 2.20. The number of nitrogens with zero attached hydrogens (tertiary/aromatic N) is 2. The number of hydrogen-bond donors (Lipinski definition) is 0. The molecule has 0 atom stereocenters. The van der Waals surface area contributed by atoms with E-state index in [9.17, 15) is 0 Å². The fourth-order valence-corrected chi connectivity index (χ4v) is 1.70. The predicted molar refractivity (Wildman–Crippen MR) is 71.5 cm³/mol. The van der Waals surface area contributed by atoms with Crippen molar-refractivity contribution in [1.29, 1.82) is 0 Å². The molecule has 0 aliphatic rings. The number of pyridine rings is 2. The molecule has 2 heterocycles. The number of aromatic nitrogens is 2. The molecule has 0 spiro atoms. The highest BCUT2D eigenvalue weighted by molar-refractivity contribution is 6.03. The summed E-state index contributed by atoms with van der Waals surface area (Å²) in [4.78, 5) is 8.66. The molecule has 2 nitrogen and oxygen atoms in total. The molecule has 0 saturated carbocycles. The van der Waals surface area contributed by atoms with Crippen LogP contribution in [0.25, 0.3) is 21.8 Å². The van der Waals surface area contributed by atoms with E-state index in [-0.39, 0.29) is 24.8 Å². The van der Waals surface area contributed by atoms with E-state index in [1.54, 1.807) is 6.20 Å². The summed E-state index contributed by atoms with van der Waals surface area (Å²) >= 11 is 0. The number of halogens is 2. The second-order valence-electron chi connectivity index (χ2n) is 3.21. The monoisotopic (exact) mass is 252 g/mol. The Morgan fingerprint density at radius 1 is 0.750 bits per heavy atom. The lowest BCUT2D eigenvalue weighted by atomic mass is 10.1. The van der Waals surface area contributed by atoms with Crippen molar-refractivity contribution in [3.8, 4) is 0 Å². The molecule has 2 aromatic heterocycles. The highest BCUT2D eigenvalue weighted by atomic mass is 35.5. The fourth-order valence-electron chi connectivity index (χ4n) is 1.70. The van der Waals surface area contributed by atoms with Gasteiger partial charge in [0.2, 0.25) is 0 Å². The van der Waals surface area contributed by atoms with E-state index < -0.39 is 0 Å². The normalized spacial score (nSPS) is 9.50. The molecule has 0 radical (unpaired) electrons. The Kier molecular flexibility index (Phi) is 4.05. The van der Waals surface area contributed by atoms with Gasteiger partial charge in [0.15, 0.2) is 0 Å². The van der Waals surface area contributed by atoms with E-state index in [0.717, 1.165) is 21.8 Å². The summed E-state index contributed by atoms with van der Waals surface area (Å²) in [5.41, 5.74) is 2.02. The Morgan fingerprint density at radius 2 is 1.50 bits per heavy atom. The minimum absolute atomic E-state index is 0. The van der Waals surface area contributed by atoms with Crippen LogP contribution in [0.2, 0.25) is 0 Å². The number of hydrogen-bond acceptors (Lipinski definition) is 2. The van der Waals surface area contributed by atoms with Gasteiger partial charge in [-0.2, -0.15) is 0 Å². The van der Waals surface area contributed by atoms with E-state index >= 15 is 0 Å². The molecule has 16 heavy (non-hydrogen) atoms. The van der Waals surface area contributed by atoms with Gasteiger partial charge in [-0.15, -0.1) is 24.8 Å². The first kappa shape index (κ1) is 12.7. The summed E-state index contributed by atoms with van der Waals surface area (Å²) in [5.74, 6) is 0. The number of rotatable bonds is 0. The fraction of sp³-hybridized carbons (Fsp3) is 0. The Hall–Kier alpha value is -1.38. The first-order chi connectivity index (χ1) is 6.95. The second-order valence-corrected chi connectivity index (χ2v) is 3.21. The maximum absolute atomic E-state index is 4.37. The quantitative estimate of drug-likeness (QED) is 0.572. The summed E-state index contributed by atoms with van der Waals surface area (Å²) < 4.78 is 0. The van der Waals surface area contributed by atoms with Crippen LogP contribution in [-0.4, -0.2) is 9.97 Å². The summed E-state index contributed by atoms with van der Waals surface area (Å²) in [5, 5.41) is 2.28. The molecular weight excluding hydrogens is 243 g/mol. The highest BCUT2D eigenvalue weighted by Gasteiger charge is 1.99. The third-order valence-electron chi connectivity index (χ3n) is 2.35. The zero-order valence-electron chi connectivity index (χ0n) is 8.33. The number of benzene rings is 1. The van der Waals surface area contributed by atoms with Crippen LogP contribution >= 0.6 is 24.8 Å². The van der Waals surface area contributed by atoms with E-state index in [1.807, 2.05) is 24.4 Å². The van der Waals surface area contributed by atoms with Crippen LogP contribution in [0.15, 0.2) is 48.8 Å². The van der Waals surface area contributed by atoms with Gasteiger partial charge in [0.05, 0.1) is 11.0 Å². The van der Waals surface area contributed by atoms with Gasteiger partial charge in [-0.05, 0) is 24.3 Å². The van der Waals surface area contributed by atoms with Crippen LogP contribution in [0, 0.1) is 0 Å². The first-order valence-corrected chi connectivity index (χ1v) is 4.53. The van der Waals surface area contributed by atoms with Crippen LogP contribution < -0.4 is 0 Å². The molecule has 0 aliphatic heterocycles. The average molecular weight is 253 g/mol. The SMILES string of the molecule is Cl.Cl.c1cnc2c(c1)ccc1ncccc12. The maximum atomic E-state index is 4.37. The maximum Gasteiger partial charge on any atom is 0.0795 e. The minimum atomic E-state index is 0. The zero-order valence-corrected chi connectivity index (χ0v) is 9.96. The van der Waals surface area contributed by atoms with E-state index in [2.05, 4.69) is 28.2 Å². The third-order valence-corrected chi connectivity index (χ3v) is 2.35. The smallest absolute Gasteiger partial charge is 0.0795 e. The Morgan fingerprint density at radius 3 is 2.38 bits per heavy atom. The molecule has 82 valence electrons. The summed E-state index contributed by atoms with van der Waals surface area (Å²) in [7, 11) is 0. The molecule has 3 rings (SSSR count). The Labute approximate surface area is 106 Å². The predicted octanol–water partition coefficient (Wildman–Crippen LogP) is 3.63. The van der Waals surface area contributed by atoms with Crippen LogP contribution in [0.1, 0.15) is 0 Å². The summed E-state index contributed by atoms with van der Waals surface area (Å²) in [6.45, 7) is 0. The largest absolute Gasteiger partial charge is 0.256 e. The van der Waals surface area contributed by atoms with Crippen molar-refractivity contribution in [3.63, 3.8) is 0 Å². The zero-order chi connectivity index (χ0) is 9.38. The summed E-state index contributed by atoms with van der Waals surface area (Å²) in [6, 6.07) is 12.1. The molecular formula is C12H10Cl2N2. The van der Waals surface area contributed by atoms with Crippen molar-refractivity contribution in [2.45, 2.75) is 0 Å². The first-order valence-electron chi connectivity index (χ1n) is 4.53. The van der Waals surface area contributed by atoms with Crippen molar-refractivity contribution in [3.05, 3.63) is 48.8 Å². The second kappa shape index (κ2) is 5.10. The molecule has 0 fully saturated rings. The van der Waals surface area contributed by atoms with E-state index in [1.165, 1.54) is 0 Å². The van der Waals surface area contributed by atoms with Crippen molar-refractivity contribution < 1.29 is 0 Å². The van der Waals surface area contributed by atoms with Crippen LogP contribution in [0.4, 0.5) is 0 Å². The third kappa shape index (κ3) is 1.94. The van der Waals surface area contributed by atoms with Crippen LogP contribution in [-0.2, 0) is 0 Å². The lowest BCUT2D eigenvalue weighted by Crippen LogP contribution is -1.82. The van der Waals surface area contributed by atoms with Gasteiger partial charge in [0.25, 0.3) is 0 Å². The molecule has 4 heteroatoms. The molecule has 0 N–H and O–H groups in total. The topological polar surface area (TPSA) is 25.8 Å². The van der Waals surface area contributed by atoms with E-state index in [0.29, 0.717) is 0 Å². The van der Waals surface area contributed by atoms with Gasteiger partial charge >= 0.3 is 0 Å². The lowest BCUT2D eigenvalue weighted by Gasteiger charge is -2.00. The molecule has 0 bridgehead atoms. The summed E-state index contributed by atoms with van der Waals surface area (Å²) in [6.07, 6.45) is 3.62. The molecule has 0 amide bonds. The van der Waals surface area contributed by atoms with Crippen molar-refractivity contribution in [2.75, 3.05) is 0 Å². The van der Waals surface area contributed by atoms with Crippen molar-refractivity contribution in [1.82, 2.24) is 9.97 Å². The van der Waals surface area contributed by atoms with Gasteiger partial charge in [-0.25, -0.2) is 0 Å². The minimum Gasteiger partial charge on any atom is -0.256 e. The molecule has 1 aromatic carbocycles. The average Bonchev–Trinajstić information content (AvgIpc) is 2.29.